The number of nitrogens with zero attached hydrogens (tertiary/aromatic N) is 2. The second kappa shape index (κ2) is 2.73. The number of halogens is 1. The lowest BCUT2D eigenvalue weighted by molar-refractivity contribution is 1.10. The van der Waals surface area contributed by atoms with E-state index in [1.807, 2.05) is 0 Å². The highest BCUT2D eigenvalue weighted by Gasteiger charge is 1.87. The van der Waals surface area contributed by atoms with Crippen molar-refractivity contribution in [3.8, 4) is 0 Å². The maximum Gasteiger partial charge on any atom is 0.197 e. The van der Waals surface area contributed by atoms with Crippen LogP contribution in [0, 0.1) is 0 Å². The maximum absolute atomic E-state index is 3.98. The first-order valence-corrected chi connectivity index (χ1v) is 3.23. The first-order chi connectivity index (χ1) is 4.33. The van der Waals surface area contributed by atoms with Crippen LogP contribution in [-0.4, -0.2) is 9.97 Å². The molecule has 1 aromatic rings. The van der Waals surface area contributed by atoms with Crippen molar-refractivity contribution >= 4 is 22.0 Å². The summed E-state index contributed by atoms with van der Waals surface area (Å²) >= 11 is 3.13. The normalized spacial score (nSPS) is 9.00. The molecule has 0 bridgehead atoms. The Kier molecular flexibility index (Phi) is 1.95. The van der Waals surface area contributed by atoms with Gasteiger partial charge in [0.1, 0.15) is 0 Å². The number of hydrogen-bond acceptors (Lipinski definition) is 2. The topological polar surface area (TPSA) is 25.8 Å². The van der Waals surface area contributed by atoms with Gasteiger partial charge in [-0.3, -0.25) is 0 Å². The summed E-state index contributed by atoms with van der Waals surface area (Å²) in [5.74, 6) is 0. The first kappa shape index (κ1) is 6.42. The third-order valence-electron chi connectivity index (χ3n) is 0.857. The van der Waals surface area contributed by atoms with Gasteiger partial charge in [-0.2, -0.15) is 0 Å². The van der Waals surface area contributed by atoms with Crippen molar-refractivity contribution in [3.05, 3.63) is 29.3 Å². The molecule has 0 spiro atoms. The van der Waals surface area contributed by atoms with E-state index >= 15 is 0 Å². The Morgan fingerprint density at radius 1 is 1.67 bits per heavy atom. The minimum absolute atomic E-state index is 0.597. The molecule has 3 heteroatoms. The highest BCUT2D eigenvalue weighted by Crippen LogP contribution is 2.01. The van der Waals surface area contributed by atoms with Crippen molar-refractivity contribution in [1.29, 1.82) is 0 Å². The fraction of sp³-hybridized carbons (Fsp3) is 0. The second-order valence-electron chi connectivity index (χ2n) is 1.45. The van der Waals surface area contributed by atoms with E-state index < -0.39 is 0 Å². The SMILES string of the molecule is C=Cc1ccnc(Br)n1. The molecule has 0 unspecified atom stereocenters. The zero-order valence-corrected chi connectivity index (χ0v) is 6.30. The predicted molar refractivity (Wildman–Crippen MR) is 39.8 cm³/mol. The lowest BCUT2D eigenvalue weighted by atomic mass is 10.4. The average molecular weight is 185 g/mol. The molecule has 0 aliphatic rings. The molecule has 0 saturated heterocycles. The maximum atomic E-state index is 3.98. The smallest absolute Gasteiger partial charge is 0.197 e. The summed E-state index contributed by atoms with van der Waals surface area (Å²) in [6.07, 6.45) is 3.35. The summed E-state index contributed by atoms with van der Waals surface area (Å²) in [5.41, 5.74) is 0.830. The minimum atomic E-state index is 0.597. The predicted octanol–water partition coefficient (Wildman–Crippen LogP) is 1.88. The lowest BCUT2D eigenvalue weighted by Crippen LogP contribution is -1.82. The fourth-order valence-electron chi connectivity index (χ4n) is 0.461. The van der Waals surface area contributed by atoms with Crippen molar-refractivity contribution in [3.63, 3.8) is 0 Å². The van der Waals surface area contributed by atoms with Gasteiger partial charge in [0, 0.05) is 6.20 Å². The van der Waals surface area contributed by atoms with Crippen molar-refractivity contribution in [2.75, 3.05) is 0 Å². The van der Waals surface area contributed by atoms with E-state index in [-0.39, 0.29) is 0 Å². The quantitative estimate of drug-likeness (QED) is 0.624. The third-order valence-corrected chi connectivity index (χ3v) is 1.24. The largest absolute Gasteiger partial charge is 0.231 e. The fourth-order valence-corrected chi connectivity index (χ4v) is 0.784. The molecule has 0 saturated carbocycles. The van der Waals surface area contributed by atoms with Crippen LogP contribution in [0.4, 0.5) is 0 Å². The zero-order chi connectivity index (χ0) is 6.69. The molecule has 2 nitrogen and oxygen atoms in total. The molecule has 0 amide bonds. The van der Waals surface area contributed by atoms with E-state index in [9.17, 15) is 0 Å². The standard InChI is InChI=1S/C6H5BrN2/c1-2-5-3-4-8-6(7)9-5/h2-4H,1H2. The molecule has 1 heterocycles. The first-order valence-electron chi connectivity index (χ1n) is 2.44. The van der Waals surface area contributed by atoms with Gasteiger partial charge in [0.05, 0.1) is 5.69 Å². The van der Waals surface area contributed by atoms with Gasteiger partial charge in [-0.05, 0) is 28.1 Å². The Morgan fingerprint density at radius 3 is 2.89 bits per heavy atom. The molecule has 9 heavy (non-hydrogen) atoms. The molecule has 0 radical (unpaired) electrons. The van der Waals surface area contributed by atoms with E-state index in [1.165, 1.54) is 0 Å². The number of rotatable bonds is 1. The van der Waals surface area contributed by atoms with Crippen molar-refractivity contribution in [2.45, 2.75) is 0 Å². The van der Waals surface area contributed by atoms with Crippen molar-refractivity contribution in [2.24, 2.45) is 0 Å². The summed E-state index contributed by atoms with van der Waals surface area (Å²) in [5, 5.41) is 0. The number of aromatic nitrogens is 2. The molecule has 1 rings (SSSR count). The van der Waals surface area contributed by atoms with E-state index in [0.717, 1.165) is 5.69 Å². The molecule has 0 fully saturated rings. The van der Waals surface area contributed by atoms with Crippen molar-refractivity contribution in [1.82, 2.24) is 9.97 Å². The molecular formula is C6H5BrN2. The Labute approximate surface area is 61.8 Å². The average Bonchev–Trinajstić information content (AvgIpc) is 1.88. The Morgan fingerprint density at radius 2 is 2.44 bits per heavy atom. The van der Waals surface area contributed by atoms with E-state index in [4.69, 9.17) is 0 Å². The van der Waals surface area contributed by atoms with Crippen LogP contribution in [0.2, 0.25) is 0 Å². The summed E-state index contributed by atoms with van der Waals surface area (Å²) in [6.45, 7) is 3.56. The Hall–Kier alpha value is -0.700. The molecule has 0 aromatic carbocycles. The minimum Gasteiger partial charge on any atom is -0.231 e. The third kappa shape index (κ3) is 1.61. The van der Waals surface area contributed by atoms with Crippen LogP contribution in [0.5, 0.6) is 0 Å². The van der Waals surface area contributed by atoms with Crippen LogP contribution in [0.1, 0.15) is 5.69 Å². The van der Waals surface area contributed by atoms with E-state index in [0.29, 0.717) is 4.73 Å². The molecule has 0 N–H and O–H groups in total. The molecule has 0 aliphatic heterocycles. The number of hydrogen-bond donors (Lipinski definition) is 0. The van der Waals surface area contributed by atoms with E-state index in [1.54, 1.807) is 18.3 Å². The van der Waals surface area contributed by atoms with Crippen LogP contribution in [0.3, 0.4) is 0 Å². The van der Waals surface area contributed by atoms with Crippen LogP contribution in [0.25, 0.3) is 6.08 Å². The van der Waals surface area contributed by atoms with Gasteiger partial charge in [-0.15, -0.1) is 0 Å². The molecular weight excluding hydrogens is 180 g/mol. The zero-order valence-electron chi connectivity index (χ0n) is 4.71. The summed E-state index contributed by atoms with van der Waals surface area (Å²) in [4.78, 5) is 7.82. The van der Waals surface area contributed by atoms with Gasteiger partial charge < -0.3 is 0 Å². The summed E-state index contributed by atoms with van der Waals surface area (Å²) < 4.78 is 0.597. The van der Waals surface area contributed by atoms with Gasteiger partial charge in [-0.1, -0.05) is 6.58 Å². The van der Waals surface area contributed by atoms with Gasteiger partial charge in [0.15, 0.2) is 4.73 Å². The van der Waals surface area contributed by atoms with Gasteiger partial charge in [0.25, 0.3) is 0 Å². The van der Waals surface area contributed by atoms with E-state index in [2.05, 4.69) is 32.5 Å². The lowest BCUT2D eigenvalue weighted by Gasteiger charge is -1.89. The van der Waals surface area contributed by atoms with Gasteiger partial charge in [0.2, 0.25) is 0 Å². The van der Waals surface area contributed by atoms with Crippen LogP contribution < -0.4 is 0 Å². The van der Waals surface area contributed by atoms with Gasteiger partial charge in [-0.25, -0.2) is 9.97 Å². The van der Waals surface area contributed by atoms with Crippen LogP contribution in [-0.2, 0) is 0 Å². The monoisotopic (exact) mass is 184 g/mol. The Balaban J connectivity index is 3.07. The van der Waals surface area contributed by atoms with Crippen molar-refractivity contribution < 1.29 is 0 Å². The van der Waals surface area contributed by atoms with Gasteiger partial charge >= 0.3 is 0 Å². The molecule has 46 valence electrons. The second-order valence-corrected chi connectivity index (χ2v) is 2.16. The summed E-state index contributed by atoms with van der Waals surface area (Å²) in [7, 11) is 0. The van der Waals surface area contributed by atoms with Crippen LogP contribution >= 0.6 is 15.9 Å². The Bertz CT molecular complexity index is 222. The summed E-state index contributed by atoms with van der Waals surface area (Å²) in [6, 6.07) is 1.79. The molecule has 1 aromatic heterocycles. The molecule has 0 atom stereocenters. The van der Waals surface area contributed by atoms with Crippen LogP contribution in [0.15, 0.2) is 23.6 Å². The molecule has 0 aliphatic carbocycles. The highest BCUT2D eigenvalue weighted by atomic mass is 79.9. The highest BCUT2D eigenvalue weighted by molar-refractivity contribution is 9.10.